The zero-order chi connectivity index (χ0) is 31.1. The molecule has 2 aliphatic carbocycles. The number of nitrogens with zero attached hydrogens (tertiary/aromatic N) is 3. The minimum Gasteiger partial charge on any atom is -0.497 e. The van der Waals surface area contributed by atoms with Crippen molar-refractivity contribution >= 4 is 98.8 Å². The standard InChI is InChI=1S/C26H17Cl6N3O7/c1-11(18(36)12-5-9-15(42-2)10-6-12)33(21(37)13-3-7-14(8-4-13)35(40)41)34-22(38)16-17(23(34)39)25(30)20(28)19(27)24(16,29)26(25,31)32/h3-11,16-17H,1-2H3/t11-,16+,17+,24+,25+/m0/s1. The highest BCUT2D eigenvalue weighted by molar-refractivity contribution is 6.66. The molecule has 5 rings (SSSR count). The largest absolute Gasteiger partial charge is 0.497 e. The highest BCUT2D eigenvalue weighted by atomic mass is 35.5. The van der Waals surface area contributed by atoms with Gasteiger partial charge in [-0.2, -0.15) is 5.01 Å². The number of non-ortho nitro benzene ring substituents is 1. The number of halogens is 6. The van der Waals surface area contributed by atoms with Gasteiger partial charge in [-0.1, -0.05) is 46.4 Å². The Kier molecular flexibility index (Phi) is 7.53. The highest BCUT2D eigenvalue weighted by Crippen LogP contribution is 2.77. The number of Topliss-reactive ketones (excluding diaryl/α,β-unsaturated/α-hetero) is 1. The van der Waals surface area contributed by atoms with E-state index in [2.05, 4.69) is 0 Å². The van der Waals surface area contributed by atoms with Crippen LogP contribution in [0.1, 0.15) is 27.6 Å². The van der Waals surface area contributed by atoms with Crippen LogP contribution in [0.5, 0.6) is 5.75 Å². The molecule has 0 spiro atoms. The van der Waals surface area contributed by atoms with Gasteiger partial charge in [0.2, 0.25) is 0 Å². The lowest BCUT2D eigenvalue weighted by molar-refractivity contribution is -0.384. The lowest BCUT2D eigenvalue weighted by Crippen LogP contribution is -2.59. The van der Waals surface area contributed by atoms with E-state index < -0.39 is 60.4 Å². The minimum atomic E-state index is -2.21. The first kappa shape index (κ1) is 30.8. The number of fused-ring (bicyclic) bond motifs is 5. The van der Waals surface area contributed by atoms with Gasteiger partial charge in [0, 0.05) is 23.3 Å². The summed E-state index contributed by atoms with van der Waals surface area (Å²) in [6.07, 6.45) is 0. The molecule has 1 saturated carbocycles. The average molecular weight is 696 g/mol. The molecule has 220 valence electrons. The summed E-state index contributed by atoms with van der Waals surface area (Å²) in [5.74, 6) is -6.45. The number of alkyl halides is 4. The molecule has 2 aromatic rings. The molecule has 2 aromatic carbocycles. The van der Waals surface area contributed by atoms with Crippen LogP contribution in [0.4, 0.5) is 5.69 Å². The Morgan fingerprint density at radius 1 is 0.905 bits per heavy atom. The zero-order valence-electron chi connectivity index (χ0n) is 21.3. The van der Waals surface area contributed by atoms with Gasteiger partial charge in [0.15, 0.2) is 10.1 Å². The second-order valence-corrected chi connectivity index (χ2v) is 13.1. The molecule has 0 unspecified atom stereocenters. The lowest BCUT2D eigenvalue weighted by Gasteiger charge is -2.38. The van der Waals surface area contributed by atoms with Crippen molar-refractivity contribution in [2.75, 3.05) is 7.11 Å². The SMILES string of the molecule is COc1ccc(C(=O)[C@H](C)N(C(=O)c2ccc([N+](=O)[O-])cc2)N2C(=O)[C@H]3[C@H](C2=O)[C@@]2(Cl)C(Cl)=C(Cl)[C@@]3(Cl)C2(Cl)Cl)cc1. The molecule has 2 bridgehead atoms. The summed E-state index contributed by atoms with van der Waals surface area (Å²) in [7, 11) is 1.44. The van der Waals surface area contributed by atoms with Crippen LogP contribution in [0, 0.1) is 22.0 Å². The second kappa shape index (κ2) is 10.2. The maximum Gasteiger partial charge on any atom is 0.273 e. The molecule has 0 N–H and O–H groups in total. The predicted octanol–water partition coefficient (Wildman–Crippen LogP) is 5.68. The van der Waals surface area contributed by atoms with E-state index in [1.807, 2.05) is 0 Å². The molecule has 2 fully saturated rings. The third-order valence-electron chi connectivity index (χ3n) is 7.75. The molecule has 1 saturated heterocycles. The minimum absolute atomic E-state index is 0.125. The van der Waals surface area contributed by atoms with Gasteiger partial charge in [-0.15, -0.1) is 23.2 Å². The molecular formula is C26H17Cl6N3O7. The predicted molar refractivity (Wildman–Crippen MR) is 155 cm³/mol. The number of nitro benzene ring substituents is 1. The molecule has 0 aromatic heterocycles. The fourth-order valence-corrected chi connectivity index (χ4v) is 8.53. The van der Waals surface area contributed by atoms with Gasteiger partial charge in [-0.05, 0) is 43.3 Å². The lowest BCUT2D eigenvalue weighted by atomic mass is 9.84. The molecule has 3 amide bonds. The number of hydrogen-bond acceptors (Lipinski definition) is 7. The summed E-state index contributed by atoms with van der Waals surface area (Å²) in [5.41, 5.74) is -0.362. The number of benzene rings is 2. The first-order valence-electron chi connectivity index (χ1n) is 12.0. The van der Waals surface area contributed by atoms with Gasteiger partial charge >= 0.3 is 0 Å². The fraction of sp³-hybridized carbons (Fsp3) is 0.308. The van der Waals surface area contributed by atoms with E-state index in [1.54, 1.807) is 0 Å². The number of amides is 3. The zero-order valence-corrected chi connectivity index (χ0v) is 25.9. The van der Waals surface area contributed by atoms with Crippen molar-refractivity contribution in [1.29, 1.82) is 0 Å². The monoisotopic (exact) mass is 693 g/mol. The van der Waals surface area contributed by atoms with E-state index in [4.69, 9.17) is 74.3 Å². The Hall–Kier alpha value is -2.60. The molecule has 1 aliphatic heterocycles. The Labute approximate surface area is 268 Å². The summed E-state index contributed by atoms with van der Waals surface area (Å²) in [4.78, 5) is 61.9. The number of allylic oxidation sites excluding steroid dienone is 2. The summed E-state index contributed by atoms with van der Waals surface area (Å²) >= 11 is 39.4. The normalized spacial score (nSPS) is 28.1. The van der Waals surface area contributed by atoms with Crippen LogP contribution in [0.3, 0.4) is 0 Å². The molecule has 10 nitrogen and oxygen atoms in total. The first-order valence-corrected chi connectivity index (χ1v) is 14.3. The van der Waals surface area contributed by atoms with Gasteiger partial charge in [-0.3, -0.25) is 29.3 Å². The van der Waals surface area contributed by atoms with Crippen molar-refractivity contribution < 1.29 is 28.8 Å². The van der Waals surface area contributed by atoms with Crippen molar-refractivity contribution in [3.8, 4) is 5.75 Å². The molecule has 3 aliphatic rings. The third-order valence-corrected chi connectivity index (χ3v) is 12.0. The van der Waals surface area contributed by atoms with Gasteiger partial charge < -0.3 is 4.74 Å². The Morgan fingerprint density at radius 2 is 1.36 bits per heavy atom. The summed E-state index contributed by atoms with van der Waals surface area (Å²) < 4.78 is 2.91. The van der Waals surface area contributed by atoms with E-state index in [9.17, 15) is 29.3 Å². The van der Waals surface area contributed by atoms with Gasteiger partial charge in [0.25, 0.3) is 23.4 Å². The number of hydrogen-bond donors (Lipinski definition) is 0. The number of carbonyl (C=O) groups excluding carboxylic acids is 4. The van der Waals surface area contributed by atoms with Crippen molar-refractivity contribution in [3.05, 3.63) is 79.8 Å². The highest BCUT2D eigenvalue weighted by Gasteiger charge is 2.88. The fourth-order valence-electron chi connectivity index (χ4n) is 5.60. The number of rotatable bonds is 7. The molecule has 5 atom stereocenters. The summed E-state index contributed by atoms with van der Waals surface area (Å²) in [6.45, 7) is 1.30. The number of ketones is 1. The Bertz CT molecular complexity index is 1550. The maximum atomic E-state index is 14.1. The van der Waals surface area contributed by atoms with Crippen molar-refractivity contribution in [3.63, 3.8) is 0 Å². The van der Waals surface area contributed by atoms with E-state index in [0.29, 0.717) is 15.8 Å². The summed E-state index contributed by atoms with van der Waals surface area (Å²) in [5, 5.41) is 11.6. The first-order chi connectivity index (χ1) is 19.6. The van der Waals surface area contributed by atoms with Gasteiger partial charge in [0.05, 0.1) is 33.9 Å². The molecule has 16 heteroatoms. The van der Waals surface area contributed by atoms with Crippen molar-refractivity contribution in [2.45, 2.75) is 27.0 Å². The Balaban J connectivity index is 1.62. The van der Waals surface area contributed by atoms with Crippen LogP contribution < -0.4 is 4.74 Å². The van der Waals surface area contributed by atoms with E-state index >= 15 is 0 Å². The Morgan fingerprint density at radius 3 is 1.79 bits per heavy atom. The van der Waals surface area contributed by atoms with Crippen LogP contribution in [-0.4, -0.2) is 65.7 Å². The third kappa shape index (κ3) is 3.85. The smallest absolute Gasteiger partial charge is 0.273 e. The van der Waals surface area contributed by atoms with Gasteiger partial charge in [0.1, 0.15) is 21.5 Å². The van der Waals surface area contributed by atoms with E-state index in [1.165, 1.54) is 38.3 Å². The molecule has 1 heterocycles. The van der Waals surface area contributed by atoms with Crippen LogP contribution in [-0.2, 0) is 9.59 Å². The number of hydrazine groups is 1. The van der Waals surface area contributed by atoms with Gasteiger partial charge in [-0.25, -0.2) is 5.01 Å². The summed E-state index contributed by atoms with van der Waals surface area (Å²) in [6, 6.07) is 8.80. The topological polar surface area (TPSA) is 127 Å². The van der Waals surface area contributed by atoms with Crippen LogP contribution in [0.25, 0.3) is 0 Å². The van der Waals surface area contributed by atoms with Crippen LogP contribution >= 0.6 is 69.6 Å². The van der Waals surface area contributed by atoms with E-state index in [-0.39, 0.29) is 26.9 Å². The number of methoxy groups -OCH3 is 1. The molecule has 0 radical (unpaired) electrons. The number of carbonyl (C=O) groups is 4. The molecular weight excluding hydrogens is 679 g/mol. The number of ether oxygens (including phenoxy) is 1. The number of imide groups is 1. The van der Waals surface area contributed by atoms with Crippen LogP contribution in [0.15, 0.2) is 58.6 Å². The maximum absolute atomic E-state index is 14.1. The second-order valence-electron chi connectivity index (χ2n) is 9.79. The van der Waals surface area contributed by atoms with E-state index in [0.717, 1.165) is 24.3 Å². The average Bonchev–Trinajstić information content (AvgIpc) is 3.35. The number of nitro groups is 1. The quantitative estimate of drug-likeness (QED) is 0.120. The molecule has 42 heavy (non-hydrogen) atoms. The van der Waals surface area contributed by atoms with Crippen molar-refractivity contribution in [1.82, 2.24) is 10.0 Å². The van der Waals surface area contributed by atoms with Crippen LogP contribution in [0.2, 0.25) is 0 Å². The van der Waals surface area contributed by atoms with Crippen molar-refractivity contribution in [2.24, 2.45) is 11.8 Å².